The Morgan fingerprint density at radius 3 is 2.41 bits per heavy atom. The highest BCUT2D eigenvalue weighted by molar-refractivity contribution is 6.31. The molecule has 0 radical (unpaired) electrons. The molecule has 0 saturated carbocycles. The maximum absolute atomic E-state index is 10.8. The fourth-order valence-corrected chi connectivity index (χ4v) is 5.41. The van der Waals surface area contributed by atoms with E-state index in [0.717, 1.165) is 59.3 Å². The Morgan fingerprint density at radius 2 is 1.71 bits per heavy atom. The maximum atomic E-state index is 10.8. The Balaban J connectivity index is 1.49. The fourth-order valence-electron chi connectivity index (χ4n) is 5.24. The third-order valence-electron chi connectivity index (χ3n) is 6.55. The van der Waals surface area contributed by atoms with Gasteiger partial charge in [0.05, 0.1) is 22.5 Å². The van der Waals surface area contributed by atoms with Gasteiger partial charge >= 0.3 is 0 Å². The molecule has 2 N–H and O–H groups in total. The molecule has 3 aromatic carbocycles. The summed E-state index contributed by atoms with van der Waals surface area (Å²) in [5, 5.41) is 12.3. The van der Waals surface area contributed by atoms with Gasteiger partial charge in [-0.05, 0) is 48.1 Å². The monoisotopic (exact) mass is 471 g/mol. The van der Waals surface area contributed by atoms with E-state index >= 15 is 0 Å². The van der Waals surface area contributed by atoms with Crippen molar-refractivity contribution in [2.24, 2.45) is 16.8 Å². The zero-order valence-corrected chi connectivity index (χ0v) is 20.4. The van der Waals surface area contributed by atoms with Gasteiger partial charge in [0.15, 0.2) is 5.88 Å². The summed E-state index contributed by atoms with van der Waals surface area (Å²) in [7, 11) is 0. The molecule has 2 heterocycles. The zero-order chi connectivity index (χ0) is 23.7. The smallest absolute Gasteiger partial charge is 0.199 e. The van der Waals surface area contributed by atoms with Crippen LogP contribution in [0.3, 0.4) is 0 Å². The second-order valence-electron chi connectivity index (χ2n) is 9.67. The van der Waals surface area contributed by atoms with Gasteiger partial charge in [0.1, 0.15) is 0 Å². The Hall–Kier alpha value is -3.08. The number of hydrogen-bond donors (Lipinski definition) is 2. The number of H-pyrrole nitrogens is 1. The van der Waals surface area contributed by atoms with E-state index in [1.807, 2.05) is 48.5 Å². The molecule has 4 nitrogen and oxygen atoms in total. The van der Waals surface area contributed by atoms with E-state index in [1.165, 1.54) is 12.0 Å². The normalized spacial score (nSPS) is 19.6. The highest BCUT2D eigenvalue weighted by atomic mass is 35.5. The first-order valence-corrected chi connectivity index (χ1v) is 12.3. The molecule has 1 aliphatic rings. The molecule has 174 valence electrons. The maximum Gasteiger partial charge on any atom is 0.199 e. The van der Waals surface area contributed by atoms with Gasteiger partial charge in [-0.1, -0.05) is 74.0 Å². The number of halogens is 1. The minimum absolute atomic E-state index is 0.0878. The zero-order valence-electron chi connectivity index (χ0n) is 19.6. The highest BCUT2D eigenvalue weighted by Gasteiger charge is 2.22. The topological polar surface area (TPSA) is 51.6 Å². The van der Waals surface area contributed by atoms with E-state index in [4.69, 9.17) is 16.6 Å². The number of likely N-dealkylation sites (tertiary alicyclic amines) is 1. The molecule has 0 bridgehead atoms. The van der Waals surface area contributed by atoms with E-state index in [9.17, 15) is 5.11 Å². The van der Waals surface area contributed by atoms with Crippen molar-refractivity contribution in [3.8, 4) is 5.88 Å². The third kappa shape index (κ3) is 4.89. The van der Waals surface area contributed by atoms with E-state index in [0.29, 0.717) is 10.6 Å². The molecule has 1 aromatic heterocycles. The van der Waals surface area contributed by atoms with Crippen LogP contribution in [0.4, 0.5) is 5.69 Å². The molecule has 1 aliphatic heterocycles. The summed E-state index contributed by atoms with van der Waals surface area (Å²) in [6, 6.07) is 24.0. The van der Waals surface area contributed by atoms with Gasteiger partial charge in [0, 0.05) is 35.6 Å². The summed E-state index contributed by atoms with van der Waals surface area (Å²) in [4.78, 5) is 10.6. The van der Waals surface area contributed by atoms with Crippen LogP contribution in [-0.2, 0) is 6.54 Å². The lowest BCUT2D eigenvalue weighted by Gasteiger charge is -2.35. The van der Waals surface area contributed by atoms with Crippen molar-refractivity contribution in [2.45, 2.75) is 26.8 Å². The van der Waals surface area contributed by atoms with Crippen LogP contribution in [0.15, 0.2) is 77.8 Å². The van der Waals surface area contributed by atoms with Crippen molar-refractivity contribution in [3.63, 3.8) is 0 Å². The molecule has 4 aromatic rings. The minimum atomic E-state index is 0.0878. The van der Waals surface area contributed by atoms with E-state index < -0.39 is 0 Å². The highest BCUT2D eigenvalue weighted by Crippen LogP contribution is 2.33. The van der Waals surface area contributed by atoms with Gasteiger partial charge < -0.3 is 10.1 Å². The van der Waals surface area contributed by atoms with Crippen LogP contribution in [0.25, 0.3) is 10.9 Å². The van der Waals surface area contributed by atoms with Crippen molar-refractivity contribution >= 4 is 33.9 Å². The number of piperidine rings is 1. The van der Waals surface area contributed by atoms with Gasteiger partial charge in [-0.2, -0.15) is 0 Å². The number of aromatic amines is 1. The number of nitrogens with one attached hydrogen (secondary N) is 1. The average molecular weight is 472 g/mol. The second kappa shape index (κ2) is 9.65. The first-order chi connectivity index (χ1) is 16.5. The summed E-state index contributed by atoms with van der Waals surface area (Å²) in [5.41, 5.74) is 5.27. The average Bonchev–Trinajstić information content (AvgIpc) is 3.13. The standard InChI is InChI=1S/C29H30ClN3O/c1-19-14-20(2)17-33(16-19)18-21-8-11-24(12-9-21)31-28(22-6-4-3-5-7-22)27-25-13-10-23(30)15-26(25)32-29(27)34/h3-13,15,19-20,32,34H,14,16-18H2,1-2H3. The number of fused-ring (bicyclic) bond motifs is 1. The molecule has 34 heavy (non-hydrogen) atoms. The Morgan fingerprint density at radius 1 is 1.00 bits per heavy atom. The summed E-state index contributed by atoms with van der Waals surface area (Å²) in [5.74, 6) is 1.59. The molecular formula is C29H30ClN3O. The van der Waals surface area contributed by atoms with Crippen molar-refractivity contribution in [2.75, 3.05) is 13.1 Å². The summed E-state index contributed by atoms with van der Waals surface area (Å²) in [6.45, 7) is 7.98. The molecule has 0 aliphatic carbocycles. The molecule has 0 spiro atoms. The predicted octanol–water partition coefficient (Wildman–Crippen LogP) is 7.17. The summed E-state index contributed by atoms with van der Waals surface area (Å²) in [6.07, 6.45) is 1.32. The van der Waals surface area contributed by atoms with Crippen LogP contribution in [0.2, 0.25) is 5.02 Å². The minimum Gasteiger partial charge on any atom is -0.494 e. The predicted molar refractivity (Wildman–Crippen MR) is 141 cm³/mol. The molecule has 0 amide bonds. The molecule has 5 heteroatoms. The number of aliphatic imine (C=N–C) groups is 1. The van der Waals surface area contributed by atoms with Crippen LogP contribution in [0, 0.1) is 11.8 Å². The van der Waals surface area contributed by atoms with Crippen molar-refractivity contribution in [1.29, 1.82) is 0 Å². The SMILES string of the molecule is CC1CC(C)CN(Cc2ccc(N=C(c3ccccc3)c3c(O)[nH]c4cc(Cl)ccc34)cc2)C1. The number of benzene rings is 3. The lowest BCUT2D eigenvalue weighted by Crippen LogP contribution is -2.38. The first kappa shape index (κ1) is 22.7. The summed E-state index contributed by atoms with van der Waals surface area (Å²) < 4.78 is 0. The van der Waals surface area contributed by atoms with Crippen LogP contribution in [0.1, 0.15) is 37.0 Å². The number of nitrogens with zero attached hydrogens (tertiary/aromatic N) is 2. The molecule has 2 unspecified atom stereocenters. The quantitative estimate of drug-likeness (QED) is 0.303. The van der Waals surface area contributed by atoms with Crippen LogP contribution in [-0.4, -0.2) is 33.8 Å². The van der Waals surface area contributed by atoms with Crippen LogP contribution < -0.4 is 0 Å². The molecule has 5 rings (SSSR count). The number of aromatic hydroxyl groups is 1. The Bertz CT molecular complexity index is 1300. The number of hydrogen-bond acceptors (Lipinski definition) is 3. The van der Waals surface area contributed by atoms with Gasteiger partial charge in [-0.25, -0.2) is 4.99 Å². The van der Waals surface area contributed by atoms with Gasteiger partial charge in [0.25, 0.3) is 0 Å². The summed E-state index contributed by atoms with van der Waals surface area (Å²) >= 11 is 6.17. The first-order valence-electron chi connectivity index (χ1n) is 11.9. The fraction of sp³-hybridized carbons (Fsp3) is 0.276. The van der Waals surface area contributed by atoms with Crippen LogP contribution >= 0.6 is 11.6 Å². The van der Waals surface area contributed by atoms with E-state index in [-0.39, 0.29) is 5.88 Å². The van der Waals surface area contributed by atoms with Gasteiger partial charge in [-0.15, -0.1) is 0 Å². The Labute approximate surface area is 205 Å². The largest absolute Gasteiger partial charge is 0.494 e. The van der Waals surface area contributed by atoms with Crippen molar-refractivity contribution in [3.05, 3.63) is 94.5 Å². The van der Waals surface area contributed by atoms with Gasteiger partial charge in [-0.3, -0.25) is 4.90 Å². The lowest BCUT2D eigenvalue weighted by molar-refractivity contribution is 0.134. The Kier molecular flexibility index (Phi) is 6.44. The number of rotatable bonds is 5. The van der Waals surface area contributed by atoms with Crippen LogP contribution in [0.5, 0.6) is 5.88 Å². The molecular weight excluding hydrogens is 442 g/mol. The molecule has 1 saturated heterocycles. The van der Waals surface area contributed by atoms with E-state index in [1.54, 1.807) is 0 Å². The second-order valence-corrected chi connectivity index (χ2v) is 10.1. The molecule has 2 atom stereocenters. The molecule has 1 fully saturated rings. The van der Waals surface area contributed by atoms with Gasteiger partial charge in [0.2, 0.25) is 0 Å². The lowest BCUT2D eigenvalue weighted by atomic mass is 9.91. The van der Waals surface area contributed by atoms with E-state index in [2.05, 4.69) is 48.0 Å². The third-order valence-corrected chi connectivity index (χ3v) is 6.79. The van der Waals surface area contributed by atoms with Crippen molar-refractivity contribution < 1.29 is 5.11 Å². The number of aromatic nitrogens is 1. The van der Waals surface area contributed by atoms with Crippen molar-refractivity contribution in [1.82, 2.24) is 9.88 Å².